The van der Waals surface area contributed by atoms with Crippen molar-refractivity contribution >= 4 is 10.8 Å². The zero-order chi connectivity index (χ0) is 14.7. The van der Waals surface area contributed by atoms with Gasteiger partial charge in [-0.2, -0.15) is 0 Å². The van der Waals surface area contributed by atoms with Gasteiger partial charge in [0.1, 0.15) is 5.75 Å². The highest BCUT2D eigenvalue weighted by Crippen LogP contribution is 2.37. The van der Waals surface area contributed by atoms with Crippen molar-refractivity contribution in [1.29, 1.82) is 0 Å². The van der Waals surface area contributed by atoms with Gasteiger partial charge < -0.3 is 4.74 Å². The summed E-state index contributed by atoms with van der Waals surface area (Å²) in [6.07, 6.45) is 3.69. The molecule has 0 unspecified atom stereocenters. The second-order valence-electron chi connectivity index (χ2n) is 4.66. The maximum absolute atomic E-state index is 5.55. The van der Waals surface area contributed by atoms with E-state index in [0.717, 1.165) is 33.2 Å². The minimum Gasteiger partial charge on any atom is -0.496 e. The Morgan fingerprint density at radius 2 is 1.90 bits per heavy atom. The van der Waals surface area contributed by atoms with Crippen LogP contribution >= 0.6 is 0 Å². The van der Waals surface area contributed by atoms with Gasteiger partial charge >= 0.3 is 0 Å². The molecule has 1 heterocycles. The van der Waals surface area contributed by atoms with Crippen LogP contribution in [0.25, 0.3) is 21.9 Å². The molecule has 0 bridgehead atoms. The Balaban J connectivity index is 2.39. The molecule has 0 saturated heterocycles. The summed E-state index contributed by atoms with van der Waals surface area (Å²) < 4.78 is 5.55. The van der Waals surface area contributed by atoms with E-state index in [0.29, 0.717) is 0 Å². The normalized spacial score (nSPS) is 10.0. The minimum absolute atomic E-state index is 0.833. The van der Waals surface area contributed by atoms with Crippen LogP contribution in [-0.4, -0.2) is 12.1 Å². The number of fused-ring (bicyclic) bond motifs is 1. The monoisotopic (exact) mass is 273 g/mol. The summed E-state index contributed by atoms with van der Waals surface area (Å²) in [4.78, 5) is 4.19. The summed E-state index contributed by atoms with van der Waals surface area (Å²) >= 11 is 0. The van der Waals surface area contributed by atoms with Gasteiger partial charge in [-0.1, -0.05) is 30.2 Å². The Labute approximate surface area is 124 Å². The number of methoxy groups -OCH3 is 1. The third-order valence-corrected chi connectivity index (χ3v) is 3.46. The smallest absolute Gasteiger partial charge is 0.127 e. The zero-order valence-electron chi connectivity index (χ0n) is 12.1. The molecule has 0 N–H and O–H groups in total. The molecule has 2 heteroatoms. The SMILES string of the molecule is CC#Cc1cccc(OC)c1-c1cccc2cnccc12. The van der Waals surface area contributed by atoms with Crippen molar-refractivity contribution in [2.24, 2.45) is 0 Å². The van der Waals surface area contributed by atoms with Crippen molar-refractivity contribution in [3.05, 3.63) is 60.4 Å². The summed E-state index contributed by atoms with van der Waals surface area (Å²) in [5.41, 5.74) is 3.12. The number of hydrogen-bond donors (Lipinski definition) is 0. The van der Waals surface area contributed by atoms with Crippen LogP contribution in [0.4, 0.5) is 0 Å². The molecule has 0 aliphatic heterocycles. The molecule has 0 aliphatic carbocycles. The highest BCUT2D eigenvalue weighted by molar-refractivity contribution is 5.99. The number of ether oxygens (including phenoxy) is 1. The fourth-order valence-corrected chi connectivity index (χ4v) is 2.56. The lowest BCUT2D eigenvalue weighted by Crippen LogP contribution is -1.92. The summed E-state index contributed by atoms with van der Waals surface area (Å²) in [7, 11) is 1.69. The molecule has 0 fully saturated rings. The summed E-state index contributed by atoms with van der Waals surface area (Å²) in [6, 6.07) is 14.2. The first-order valence-corrected chi connectivity index (χ1v) is 6.78. The van der Waals surface area contributed by atoms with Crippen LogP contribution in [0.15, 0.2) is 54.9 Å². The fourth-order valence-electron chi connectivity index (χ4n) is 2.56. The van der Waals surface area contributed by atoms with Crippen molar-refractivity contribution in [2.75, 3.05) is 7.11 Å². The van der Waals surface area contributed by atoms with Gasteiger partial charge in [-0.25, -0.2) is 0 Å². The van der Waals surface area contributed by atoms with Gasteiger partial charge in [-0.15, -0.1) is 5.92 Å². The average molecular weight is 273 g/mol. The van der Waals surface area contributed by atoms with E-state index >= 15 is 0 Å². The van der Waals surface area contributed by atoms with Crippen LogP contribution in [0.3, 0.4) is 0 Å². The minimum atomic E-state index is 0.833. The third kappa shape index (κ3) is 2.34. The predicted octanol–water partition coefficient (Wildman–Crippen LogP) is 4.28. The third-order valence-electron chi connectivity index (χ3n) is 3.46. The van der Waals surface area contributed by atoms with Crippen molar-refractivity contribution in [3.8, 4) is 28.7 Å². The molecule has 0 aliphatic rings. The van der Waals surface area contributed by atoms with Gasteiger partial charge in [0.25, 0.3) is 0 Å². The first-order chi connectivity index (χ1) is 10.3. The van der Waals surface area contributed by atoms with E-state index in [9.17, 15) is 0 Å². The number of benzene rings is 2. The van der Waals surface area contributed by atoms with Crippen LogP contribution in [0.2, 0.25) is 0 Å². The Bertz CT molecular complexity index is 851. The second kappa shape index (κ2) is 5.68. The molecule has 102 valence electrons. The molecule has 0 saturated carbocycles. The molecule has 0 atom stereocenters. The highest BCUT2D eigenvalue weighted by Gasteiger charge is 2.12. The lowest BCUT2D eigenvalue weighted by atomic mass is 9.94. The van der Waals surface area contributed by atoms with Crippen LogP contribution < -0.4 is 4.74 Å². The molecule has 0 amide bonds. The highest BCUT2D eigenvalue weighted by atomic mass is 16.5. The number of aromatic nitrogens is 1. The molecular formula is C19H15NO. The van der Waals surface area contributed by atoms with Gasteiger partial charge in [0.05, 0.1) is 7.11 Å². The standard InChI is InChI=1S/C19H15NO/c1-3-6-14-7-5-10-18(21-2)19(14)17-9-4-8-15-13-20-12-11-16(15)17/h4-5,7-13H,1-2H3. The first kappa shape index (κ1) is 13.2. The topological polar surface area (TPSA) is 22.1 Å². The molecule has 0 radical (unpaired) electrons. The molecule has 3 rings (SSSR count). The first-order valence-electron chi connectivity index (χ1n) is 6.78. The Morgan fingerprint density at radius 1 is 1.05 bits per heavy atom. The van der Waals surface area contributed by atoms with E-state index in [4.69, 9.17) is 4.74 Å². The zero-order valence-corrected chi connectivity index (χ0v) is 12.1. The molecular weight excluding hydrogens is 258 g/mol. The molecule has 2 aromatic carbocycles. The van der Waals surface area contributed by atoms with Crippen LogP contribution in [0, 0.1) is 11.8 Å². The Morgan fingerprint density at radius 3 is 2.71 bits per heavy atom. The maximum atomic E-state index is 5.55. The van der Waals surface area contributed by atoms with Gasteiger partial charge in [0.2, 0.25) is 0 Å². The van der Waals surface area contributed by atoms with E-state index in [1.165, 1.54) is 0 Å². The van der Waals surface area contributed by atoms with E-state index in [2.05, 4.69) is 29.0 Å². The van der Waals surface area contributed by atoms with Crippen LogP contribution in [-0.2, 0) is 0 Å². The van der Waals surface area contributed by atoms with Crippen LogP contribution in [0.5, 0.6) is 5.75 Å². The Hall–Kier alpha value is -2.79. The average Bonchev–Trinajstić information content (AvgIpc) is 2.54. The molecule has 3 aromatic rings. The quantitative estimate of drug-likeness (QED) is 0.650. The molecule has 1 aromatic heterocycles. The van der Waals surface area contributed by atoms with Gasteiger partial charge in [0.15, 0.2) is 0 Å². The lowest BCUT2D eigenvalue weighted by molar-refractivity contribution is 0.416. The largest absolute Gasteiger partial charge is 0.496 e. The van der Waals surface area contributed by atoms with Crippen molar-refractivity contribution in [2.45, 2.75) is 6.92 Å². The van der Waals surface area contributed by atoms with Gasteiger partial charge in [-0.3, -0.25) is 4.98 Å². The lowest BCUT2D eigenvalue weighted by Gasteiger charge is -2.13. The van der Waals surface area contributed by atoms with Gasteiger partial charge in [-0.05, 0) is 36.1 Å². The summed E-state index contributed by atoms with van der Waals surface area (Å²) in [5.74, 6) is 6.98. The molecule has 21 heavy (non-hydrogen) atoms. The fraction of sp³-hybridized carbons (Fsp3) is 0.105. The Kier molecular flexibility index (Phi) is 3.57. The number of pyridine rings is 1. The summed E-state index contributed by atoms with van der Waals surface area (Å²) in [6.45, 7) is 1.84. The number of hydrogen-bond acceptors (Lipinski definition) is 2. The van der Waals surface area contributed by atoms with E-state index < -0.39 is 0 Å². The predicted molar refractivity (Wildman–Crippen MR) is 86.3 cm³/mol. The summed E-state index contributed by atoms with van der Waals surface area (Å²) in [5, 5.41) is 2.26. The maximum Gasteiger partial charge on any atom is 0.127 e. The van der Waals surface area contributed by atoms with Crippen molar-refractivity contribution < 1.29 is 4.74 Å². The number of nitrogens with zero attached hydrogens (tertiary/aromatic N) is 1. The van der Waals surface area contributed by atoms with Crippen molar-refractivity contribution in [1.82, 2.24) is 4.98 Å². The van der Waals surface area contributed by atoms with E-state index in [1.54, 1.807) is 7.11 Å². The van der Waals surface area contributed by atoms with Crippen molar-refractivity contribution in [3.63, 3.8) is 0 Å². The van der Waals surface area contributed by atoms with Gasteiger partial charge in [0, 0.05) is 28.9 Å². The molecule has 0 spiro atoms. The van der Waals surface area contributed by atoms with E-state index in [-0.39, 0.29) is 0 Å². The van der Waals surface area contributed by atoms with Crippen LogP contribution in [0.1, 0.15) is 12.5 Å². The van der Waals surface area contributed by atoms with E-state index in [1.807, 2.05) is 49.6 Å². The second-order valence-corrected chi connectivity index (χ2v) is 4.66. The number of rotatable bonds is 2. The molecule has 2 nitrogen and oxygen atoms in total.